The molecule has 21 heavy (non-hydrogen) atoms. The third-order valence-corrected chi connectivity index (χ3v) is 3.55. The van der Waals surface area contributed by atoms with Gasteiger partial charge in [-0.15, -0.1) is 0 Å². The van der Waals surface area contributed by atoms with Gasteiger partial charge in [-0.1, -0.05) is 44.4 Å². The molecular formula is C18H26N2O. The third kappa shape index (κ3) is 4.71. The first-order valence-electron chi connectivity index (χ1n) is 8.05. The fraction of sp³-hybridized carbons (Fsp3) is 0.500. The maximum absolute atomic E-state index is 5.82. The van der Waals surface area contributed by atoms with Crippen molar-refractivity contribution in [3.63, 3.8) is 0 Å². The van der Waals surface area contributed by atoms with Crippen molar-refractivity contribution in [3.05, 3.63) is 35.9 Å². The largest absolute Gasteiger partial charge is 0.377 e. The summed E-state index contributed by atoms with van der Waals surface area (Å²) in [5, 5.41) is 4.51. The summed E-state index contributed by atoms with van der Waals surface area (Å²) in [6.07, 6.45) is 4.96. The van der Waals surface area contributed by atoms with Crippen LogP contribution in [0.2, 0.25) is 0 Å². The zero-order chi connectivity index (χ0) is 14.9. The van der Waals surface area contributed by atoms with E-state index >= 15 is 0 Å². The molecule has 1 aromatic carbocycles. The number of para-hydroxylation sites is 1. The second-order valence-corrected chi connectivity index (χ2v) is 5.33. The molecule has 3 heteroatoms. The first-order chi connectivity index (χ1) is 10.3. The molecule has 0 atom stereocenters. The number of fused-ring (bicyclic) bond motifs is 1. The van der Waals surface area contributed by atoms with Gasteiger partial charge in [0.1, 0.15) is 5.82 Å². The molecule has 114 valence electrons. The Kier molecular flexibility index (Phi) is 6.48. The van der Waals surface area contributed by atoms with Crippen molar-refractivity contribution in [3.8, 4) is 0 Å². The number of rotatable bonds is 9. The minimum atomic E-state index is 0.631. The number of hydrogen-bond donors (Lipinski definition) is 1. The van der Waals surface area contributed by atoms with E-state index < -0.39 is 0 Å². The number of nitrogens with one attached hydrogen (secondary N) is 1. The molecule has 3 nitrogen and oxygen atoms in total. The fourth-order valence-corrected chi connectivity index (χ4v) is 2.40. The summed E-state index contributed by atoms with van der Waals surface area (Å²) in [5.41, 5.74) is 2.17. The van der Waals surface area contributed by atoms with Gasteiger partial charge >= 0.3 is 0 Å². The van der Waals surface area contributed by atoms with Crippen LogP contribution in [0.1, 0.15) is 45.1 Å². The highest BCUT2D eigenvalue weighted by atomic mass is 16.5. The summed E-state index contributed by atoms with van der Waals surface area (Å²) < 4.78 is 5.82. The van der Waals surface area contributed by atoms with Crippen molar-refractivity contribution < 1.29 is 4.74 Å². The summed E-state index contributed by atoms with van der Waals surface area (Å²) in [4.78, 5) is 4.70. The molecule has 0 aliphatic heterocycles. The van der Waals surface area contributed by atoms with Crippen LogP contribution in [0.15, 0.2) is 30.3 Å². The highest BCUT2D eigenvalue weighted by molar-refractivity contribution is 5.81. The number of unbranched alkanes of at least 4 members (excludes halogenated alkanes) is 3. The predicted molar refractivity (Wildman–Crippen MR) is 89.7 cm³/mol. The minimum absolute atomic E-state index is 0.631. The average molecular weight is 286 g/mol. The van der Waals surface area contributed by atoms with Gasteiger partial charge in [0.2, 0.25) is 0 Å². The lowest BCUT2D eigenvalue weighted by molar-refractivity contribution is 0.117. The van der Waals surface area contributed by atoms with Gasteiger partial charge in [-0.3, -0.25) is 0 Å². The van der Waals surface area contributed by atoms with Crippen LogP contribution in [0.5, 0.6) is 0 Å². The number of anilines is 1. The monoisotopic (exact) mass is 286 g/mol. The zero-order valence-electron chi connectivity index (χ0n) is 13.2. The SMILES string of the molecule is CCCCCCOCc1cc2ccccc2nc1NCC. The standard InChI is InChI=1S/C18H26N2O/c1-3-5-6-9-12-21-14-16-13-15-10-7-8-11-17(15)20-18(16)19-4-2/h7-8,10-11,13H,3-6,9,12,14H2,1-2H3,(H,19,20). The molecule has 0 saturated heterocycles. The number of nitrogens with zero attached hydrogens (tertiary/aromatic N) is 1. The Labute approximate surface area is 127 Å². The van der Waals surface area contributed by atoms with Crippen LogP contribution < -0.4 is 5.32 Å². The highest BCUT2D eigenvalue weighted by Crippen LogP contribution is 2.21. The van der Waals surface area contributed by atoms with Crippen LogP contribution in [0.25, 0.3) is 10.9 Å². The molecule has 0 unspecified atom stereocenters. The Bertz CT molecular complexity index is 554. The summed E-state index contributed by atoms with van der Waals surface area (Å²) in [7, 11) is 0. The quantitative estimate of drug-likeness (QED) is 0.675. The second kappa shape index (κ2) is 8.63. The zero-order valence-corrected chi connectivity index (χ0v) is 13.2. The van der Waals surface area contributed by atoms with Gasteiger partial charge in [0.05, 0.1) is 12.1 Å². The Morgan fingerprint density at radius 2 is 1.95 bits per heavy atom. The van der Waals surface area contributed by atoms with Crippen LogP contribution in [0.4, 0.5) is 5.82 Å². The van der Waals surface area contributed by atoms with Crippen molar-refractivity contribution in [1.29, 1.82) is 0 Å². The van der Waals surface area contributed by atoms with Gasteiger partial charge in [-0.2, -0.15) is 0 Å². The van der Waals surface area contributed by atoms with Crippen LogP contribution in [-0.4, -0.2) is 18.1 Å². The summed E-state index contributed by atoms with van der Waals surface area (Å²) >= 11 is 0. The lowest BCUT2D eigenvalue weighted by Crippen LogP contribution is -2.05. The van der Waals surface area contributed by atoms with E-state index in [4.69, 9.17) is 9.72 Å². The number of hydrogen-bond acceptors (Lipinski definition) is 3. The molecule has 0 aliphatic rings. The van der Waals surface area contributed by atoms with Crippen LogP contribution in [0.3, 0.4) is 0 Å². The molecule has 1 N–H and O–H groups in total. The van der Waals surface area contributed by atoms with Crippen molar-refractivity contribution >= 4 is 16.7 Å². The summed E-state index contributed by atoms with van der Waals surface area (Å²) in [6.45, 7) is 6.65. The van der Waals surface area contributed by atoms with Gasteiger partial charge in [-0.05, 0) is 25.5 Å². The lowest BCUT2D eigenvalue weighted by Gasteiger charge is -2.12. The molecule has 0 fully saturated rings. The van der Waals surface area contributed by atoms with Gasteiger partial charge in [-0.25, -0.2) is 4.98 Å². The molecule has 0 amide bonds. The second-order valence-electron chi connectivity index (χ2n) is 5.33. The molecular weight excluding hydrogens is 260 g/mol. The Balaban J connectivity index is 2.01. The average Bonchev–Trinajstić information content (AvgIpc) is 2.51. The topological polar surface area (TPSA) is 34.1 Å². The van der Waals surface area contributed by atoms with Gasteiger partial charge in [0.25, 0.3) is 0 Å². The van der Waals surface area contributed by atoms with E-state index in [9.17, 15) is 0 Å². The molecule has 0 bridgehead atoms. The van der Waals surface area contributed by atoms with Crippen molar-refractivity contribution in [2.24, 2.45) is 0 Å². The minimum Gasteiger partial charge on any atom is -0.377 e. The van der Waals surface area contributed by atoms with Crippen LogP contribution in [-0.2, 0) is 11.3 Å². The van der Waals surface area contributed by atoms with E-state index in [2.05, 4.69) is 31.3 Å². The lowest BCUT2D eigenvalue weighted by atomic mass is 10.1. The Hall–Kier alpha value is -1.61. The number of ether oxygens (including phenoxy) is 1. The van der Waals surface area contributed by atoms with Crippen molar-refractivity contribution in [1.82, 2.24) is 4.98 Å². The van der Waals surface area contributed by atoms with Crippen molar-refractivity contribution in [2.45, 2.75) is 46.1 Å². The van der Waals surface area contributed by atoms with E-state index in [0.717, 1.165) is 36.5 Å². The highest BCUT2D eigenvalue weighted by Gasteiger charge is 2.06. The molecule has 0 spiro atoms. The first kappa shape index (κ1) is 15.8. The Morgan fingerprint density at radius 1 is 1.10 bits per heavy atom. The normalized spacial score (nSPS) is 11.0. The molecule has 0 saturated carbocycles. The van der Waals surface area contributed by atoms with Crippen molar-refractivity contribution in [2.75, 3.05) is 18.5 Å². The molecule has 2 rings (SSSR count). The third-order valence-electron chi connectivity index (χ3n) is 3.55. The Morgan fingerprint density at radius 3 is 2.76 bits per heavy atom. The van der Waals surface area contributed by atoms with Crippen LogP contribution in [0, 0.1) is 0 Å². The van der Waals surface area contributed by atoms with E-state index in [1.54, 1.807) is 0 Å². The van der Waals surface area contributed by atoms with Gasteiger partial charge in [0, 0.05) is 24.1 Å². The molecule has 1 heterocycles. The first-order valence-corrected chi connectivity index (χ1v) is 8.05. The van der Waals surface area contributed by atoms with E-state index in [0.29, 0.717) is 6.61 Å². The van der Waals surface area contributed by atoms with E-state index in [1.807, 2.05) is 18.2 Å². The number of pyridine rings is 1. The maximum atomic E-state index is 5.82. The molecule has 2 aromatic rings. The maximum Gasteiger partial charge on any atom is 0.132 e. The summed E-state index contributed by atoms with van der Waals surface area (Å²) in [5.74, 6) is 0.949. The smallest absolute Gasteiger partial charge is 0.132 e. The number of benzene rings is 1. The number of aromatic nitrogens is 1. The molecule has 0 aliphatic carbocycles. The van der Waals surface area contributed by atoms with Crippen LogP contribution >= 0.6 is 0 Å². The van der Waals surface area contributed by atoms with E-state index in [1.165, 1.54) is 24.6 Å². The predicted octanol–water partition coefficient (Wildman–Crippen LogP) is 4.76. The summed E-state index contributed by atoms with van der Waals surface area (Å²) in [6, 6.07) is 10.4. The van der Waals surface area contributed by atoms with Gasteiger partial charge in [0.15, 0.2) is 0 Å². The molecule has 1 aromatic heterocycles. The van der Waals surface area contributed by atoms with E-state index in [-0.39, 0.29) is 0 Å². The van der Waals surface area contributed by atoms with Gasteiger partial charge < -0.3 is 10.1 Å². The fourth-order valence-electron chi connectivity index (χ4n) is 2.40. The molecule has 0 radical (unpaired) electrons.